The van der Waals surface area contributed by atoms with Crippen molar-refractivity contribution in [1.29, 1.82) is 0 Å². The monoisotopic (exact) mass is 1840 g/mol. The standard InChI is InChI=1S/2C36H45N7O3.C34H41N7O3/c1-24(2)29-9-8-10-30(25(3)4)35(29)40-36(44)43(27-13-11-26(12-14-27)42-19-17-41(5)18-20-42)34-22-33(37-23-38-34)39-31-16-15-28(45-6)21-32(31)46-7;1-24(2)29-9-8-10-30(25(3)4)35(29)40-36(44)43(31-16-15-28(45-6)21-32(31)46-7)34-22-33(37-23-38-34)39-26-11-13-27(14-12-26)42-19-17-41(5)18-20-42;1-6-24-9-8-10-25(7-2)33(24)38-34(42)41(27-13-11-26(12-14-27)40-19-17-39(3)18-20-40)32-22-31(35-23-36-32)37-29-16-15-28(43-4)21-30(29)44-5/h2*8-16,21-25H,17-20H2,1-7H3,(H,40,44)(H,37,38,39);8-16,21-23H,6-7,17-20H2,1-5H3,(H,38,42)(H,35,36,37). The predicted octanol–water partition coefficient (Wildman–Crippen LogP) is 21.7. The number of urea groups is 3. The smallest absolute Gasteiger partial charge is 0.332 e. The molecule has 30 heteroatoms. The van der Waals surface area contributed by atoms with Crippen LogP contribution in [-0.2, 0) is 12.8 Å². The second-order valence-electron chi connectivity index (χ2n) is 35.0. The van der Waals surface area contributed by atoms with Crippen LogP contribution < -0.4 is 89.7 Å². The van der Waals surface area contributed by atoms with Gasteiger partial charge in [-0.1, -0.05) is 124 Å². The van der Waals surface area contributed by atoms with Gasteiger partial charge in [-0.15, -0.1) is 0 Å². The Labute approximate surface area is 800 Å². The molecule has 0 aliphatic carbocycles. The Morgan fingerprint density at radius 2 is 0.640 bits per heavy atom. The third-order valence-corrected chi connectivity index (χ3v) is 24.6. The number of amides is 6. The number of anilines is 18. The summed E-state index contributed by atoms with van der Waals surface area (Å²) in [6, 6.07) is 63.7. The zero-order chi connectivity index (χ0) is 96.6. The molecule has 0 atom stereocenters. The van der Waals surface area contributed by atoms with Gasteiger partial charge in [0, 0.05) is 155 Å². The molecular weight excluding hydrogens is 1710 g/mol. The van der Waals surface area contributed by atoms with E-state index in [-0.39, 0.29) is 41.8 Å². The molecule has 12 aromatic rings. The minimum absolute atomic E-state index is 0.204. The quantitative estimate of drug-likeness (QED) is 0.0244. The van der Waals surface area contributed by atoms with Crippen molar-refractivity contribution in [3.05, 3.63) is 253 Å². The normalized spacial score (nSPS) is 13.5. The first-order chi connectivity index (χ1) is 65.8. The van der Waals surface area contributed by atoms with Gasteiger partial charge in [0.1, 0.15) is 88.4 Å². The van der Waals surface area contributed by atoms with E-state index in [4.69, 9.17) is 28.4 Å². The Kier molecular flexibility index (Phi) is 34.2. The molecule has 15 rings (SSSR count). The zero-order valence-electron chi connectivity index (χ0n) is 81.9. The highest BCUT2D eigenvalue weighted by Crippen LogP contribution is 2.43. The van der Waals surface area contributed by atoms with Gasteiger partial charge < -0.3 is 89.7 Å². The summed E-state index contributed by atoms with van der Waals surface area (Å²) in [6.07, 6.45) is 5.95. The lowest BCUT2D eigenvalue weighted by molar-refractivity contribution is 0.258. The lowest BCUT2D eigenvalue weighted by atomic mass is 9.93. The van der Waals surface area contributed by atoms with Gasteiger partial charge in [0.2, 0.25) is 0 Å². The molecule has 30 nitrogen and oxygen atoms in total. The minimum Gasteiger partial charge on any atom is -0.497 e. The average Bonchev–Trinajstić information content (AvgIpc) is 0.765. The number of hydrogen-bond donors (Lipinski definition) is 6. The molecule has 714 valence electrons. The third kappa shape index (κ3) is 24.7. The summed E-state index contributed by atoms with van der Waals surface area (Å²) >= 11 is 0. The minimum atomic E-state index is -0.375. The molecule has 0 bridgehead atoms. The molecule has 0 unspecified atom stereocenters. The van der Waals surface area contributed by atoms with Crippen molar-refractivity contribution >= 4 is 121 Å². The number of carbonyl (C=O) groups excluding carboxylic acids is 3. The van der Waals surface area contributed by atoms with E-state index in [9.17, 15) is 14.4 Å². The Balaban J connectivity index is 0.000000173. The number of nitrogens with one attached hydrogen (secondary N) is 6. The van der Waals surface area contributed by atoms with Crippen LogP contribution in [0.15, 0.2) is 219 Å². The molecule has 0 saturated carbocycles. The molecule has 0 radical (unpaired) electrons. The summed E-state index contributed by atoms with van der Waals surface area (Å²) in [4.78, 5) is 88.9. The number of likely N-dealkylation sites (N-methyl/N-ethyl adjacent to an activating group) is 3. The van der Waals surface area contributed by atoms with E-state index in [0.29, 0.717) is 97.8 Å². The number of carbonyl (C=O) groups is 3. The highest BCUT2D eigenvalue weighted by atomic mass is 16.5. The molecule has 3 saturated heterocycles. The van der Waals surface area contributed by atoms with E-state index in [1.807, 2.05) is 72.8 Å². The summed E-state index contributed by atoms with van der Waals surface area (Å²) < 4.78 is 33.0. The number of rotatable bonds is 30. The summed E-state index contributed by atoms with van der Waals surface area (Å²) in [6.45, 7) is 33.2. The number of aryl methyl sites for hydroxylation is 2. The van der Waals surface area contributed by atoms with Crippen LogP contribution in [0.25, 0.3) is 0 Å². The summed E-state index contributed by atoms with van der Waals surface area (Å²) in [5, 5.41) is 19.7. The van der Waals surface area contributed by atoms with Gasteiger partial charge >= 0.3 is 18.1 Å². The van der Waals surface area contributed by atoms with Crippen LogP contribution in [-0.4, -0.2) is 205 Å². The topological polar surface area (TPSA) is 285 Å². The fraction of sp³-hybridized carbons (Fsp3) is 0.349. The van der Waals surface area contributed by atoms with E-state index in [2.05, 4.69) is 260 Å². The van der Waals surface area contributed by atoms with Gasteiger partial charge in [-0.25, -0.2) is 59.0 Å². The van der Waals surface area contributed by atoms with Gasteiger partial charge in [0.25, 0.3) is 0 Å². The van der Waals surface area contributed by atoms with Crippen molar-refractivity contribution in [2.75, 3.05) is 204 Å². The number of nitrogens with zero attached hydrogens (tertiary/aromatic N) is 15. The van der Waals surface area contributed by atoms with Gasteiger partial charge in [-0.3, -0.25) is 0 Å². The van der Waals surface area contributed by atoms with Crippen LogP contribution in [0, 0.1) is 0 Å². The number of methoxy groups -OCH3 is 6. The summed E-state index contributed by atoms with van der Waals surface area (Å²) in [5.74, 6) is 7.25. The second kappa shape index (κ2) is 46.9. The lowest BCUT2D eigenvalue weighted by Gasteiger charge is -2.34. The van der Waals surface area contributed by atoms with Gasteiger partial charge in [0.15, 0.2) is 0 Å². The highest BCUT2D eigenvalue weighted by molar-refractivity contribution is 6.10. The number of aromatic nitrogens is 6. The van der Waals surface area contributed by atoms with Gasteiger partial charge in [-0.05, 0) is 200 Å². The van der Waals surface area contributed by atoms with Crippen molar-refractivity contribution in [2.45, 2.75) is 106 Å². The molecule has 6 amide bonds. The first-order valence-electron chi connectivity index (χ1n) is 46.5. The van der Waals surface area contributed by atoms with E-state index in [0.717, 1.165) is 159 Å². The van der Waals surface area contributed by atoms with Crippen LogP contribution in [0.4, 0.5) is 118 Å². The zero-order valence-corrected chi connectivity index (χ0v) is 81.9. The molecule has 0 spiro atoms. The molecule has 3 aliphatic heterocycles. The molecule has 9 aromatic carbocycles. The van der Waals surface area contributed by atoms with Crippen LogP contribution >= 0.6 is 0 Å². The Morgan fingerprint density at radius 1 is 0.331 bits per heavy atom. The van der Waals surface area contributed by atoms with E-state index < -0.39 is 0 Å². The molecule has 3 aliphatic rings. The van der Waals surface area contributed by atoms with Crippen molar-refractivity contribution in [3.8, 4) is 34.5 Å². The second-order valence-corrected chi connectivity index (χ2v) is 35.0. The van der Waals surface area contributed by atoms with Gasteiger partial charge in [0.05, 0.1) is 71.1 Å². The summed E-state index contributed by atoms with van der Waals surface area (Å²) in [5.41, 5.74) is 16.6. The molecular formula is C106H131N21O9. The first-order valence-corrected chi connectivity index (χ1v) is 46.5. The van der Waals surface area contributed by atoms with Crippen molar-refractivity contribution in [2.24, 2.45) is 0 Å². The van der Waals surface area contributed by atoms with Crippen LogP contribution in [0.1, 0.15) is 126 Å². The predicted molar refractivity (Wildman–Crippen MR) is 551 cm³/mol. The Hall–Kier alpha value is -14.5. The maximum atomic E-state index is 14.4. The lowest BCUT2D eigenvalue weighted by Crippen LogP contribution is -2.44. The highest BCUT2D eigenvalue weighted by Gasteiger charge is 2.31. The van der Waals surface area contributed by atoms with Gasteiger partial charge in [-0.2, -0.15) is 0 Å². The maximum absolute atomic E-state index is 14.4. The van der Waals surface area contributed by atoms with Crippen molar-refractivity contribution < 1.29 is 42.8 Å². The number of benzene rings is 9. The average molecular weight is 1840 g/mol. The molecule has 3 fully saturated rings. The molecule has 136 heavy (non-hydrogen) atoms. The SMILES string of the molecule is CCc1cccc(CC)c1NC(=O)N(c1ccc(N2CCN(C)CC2)cc1)c1cc(Nc2ccc(OC)cc2OC)ncn1.COc1ccc(N(C(=O)Nc2c(C(C)C)cccc2C(C)C)c2cc(Nc3ccc(N4CCN(C)CC4)cc3)ncn2)c(OC)c1.COc1ccc(Nc2cc(N(C(=O)Nc3c(C(C)C)cccc3C(C)C)c3ccc(N4CCN(C)CC4)cc3)ncn2)c(OC)c1. The van der Waals surface area contributed by atoms with Crippen LogP contribution in [0.5, 0.6) is 34.5 Å². The molecule has 3 aromatic heterocycles. The van der Waals surface area contributed by atoms with Crippen LogP contribution in [0.2, 0.25) is 0 Å². The van der Waals surface area contributed by atoms with Crippen LogP contribution in [0.3, 0.4) is 0 Å². The fourth-order valence-corrected chi connectivity index (χ4v) is 16.7. The number of para-hydroxylation sites is 3. The fourth-order valence-electron chi connectivity index (χ4n) is 16.7. The number of hydrogen-bond acceptors (Lipinski definition) is 24. The molecule has 6 heterocycles. The Morgan fingerprint density at radius 3 is 0.978 bits per heavy atom. The summed E-state index contributed by atoms with van der Waals surface area (Å²) in [7, 11) is 16.0. The largest absolute Gasteiger partial charge is 0.497 e. The number of piperazine rings is 3. The molecule has 6 N–H and O–H groups in total. The maximum Gasteiger partial charge on any atom is 0.332 e. The third-order valence-electron chi connectivity index (χ3n) is 24.6. The van der Waals surface area contributed by atoms with E-state index >= 15 is 0 Å². The van der Waals surface area contributed by atoms with E-state index in [1.54, 1.807) is 101 Å². The number of ether oxygens (including phenoxy) is 6. The first kappa shape index (κ1) is 99.0. The van der Waals surface area contributed by atoms with E-state index in [1.165, 1.54) is 29.6 Å². The van der Waals surface area contributed by atoms with Crippen molar-refractivity contribution in [3.63, 3.8) is 0 Å². The van der Waals surface area contributed by atoms with Crippen molar-refractivity contribution in [1.82, 2.24) is 44.6 Å². The Bertz CT molecular complexity index is 5910.